The zero-order valence-electron chi connectivity index (χ0n) is 12.5. The fraction of sp³-hybridized carbons (Fsp3) is 0.125. The molecule has 1 unspecified atom stereocenters. The van der Waals surface area contributed by atoms with Gasteiger partial charge < -0.3 is 14.7 Å². The lowest BCUT2D eigenvalue weighted by Crippen LogP contribution is -2.26. The molecule has 8 heteroatoms. The van der Waals surface area contributed by atoms with Crippen molar-refractivity contribution in [1.82, 2.24) is 4.90 Å². The van der Waals surface area contributed by atoms with Gasteiger partial charge in [-0.05, 0) is 11.6 Å². The van der Waals surface area contributed by atoms with Crippen LogP contribution in [0.2, 0.25) is 0 Å². The first-order chi connectivity index (χ1) is 11.4. The molecule has 124 valence electrons. The number of nitrogens with zero attached hydrogens (tertiary/aromatic N) is 2. The van der Waals surface area contributed by atoms with Crippen LogP contribution in [0.1, 0.15) is 22.5 Å². The third kappa shape index (κ3) is 3.10. The van der Waals surface area contributed by atoms with E-state index in [0.29, 0.717) is 0 Å². The van der Waals surface area contributed by atoms with Gasteiger partial charge in [0.1, 0.15) is 0 Å². The van der Waals surface area contributed by atoms with Crippen LogP contribution in [0.3, 0.4) is 0 Å². The second-order valence-electron chi connectivity index (χ2n) is 5.47. The summed E-state index contributed by atoms with van der Waals surface area (Å²) < 4.78 is 12.1. The first kappa shape index (κ1) is 16.4. The molecule has 0 radical (unpaired) electrons. The van der Waals surface area contributed by atoms with Gasteiger partial charge in [0.2, 0.25) is 0 Å². The van der Waals surface area contributed by atoms with Crippen molar-refractivity contribution in [2.75, 3.05) is 0 Å². The van der Waals surface area contributed by atoms with E-state index in [1.54, 1.807) is 0 Å². The Morgan fingerprint density at radius 1 is 1.12 bits per heavy atom. The molecule has 0 amide bonds. The number of fused-ring (bicyclic) bond motifs is 1. The summed E-state index contributed by atoms with van der Waals surface area (Å²) in [7, 11) is -4.56. The summed E-state index contributed by atoms with van der Waals surface area (Å²) in [4.78, 5) is 31.8. The predicted molar refractivity (Wildman–Crippen MR) is 88.9 cm³/mol. The van der Waals surface area contributed by atoms with Crippen molar-refractivity contribution in [3.8, 4) is 0 Å². The van der Waals surface area contributed by atoms with E-state index >= 15 is 0 Å². The first-order valence-corrected chi connectivity index (χ1v) is 8.86. The van der Waals surface area contributed by atoms with Crippen molar-refractivity contribution in [3.05, 3.63) is 81.5 Å². The van der Waals surface area contributed by atoms with E-state index in [2.05, 4.69) is 0 Å². The molecule has 0 bridgehead atoms. The normalized spacial score (nSPS) is 16.8. The highest BCUT2D eigenvalue weighted by atomic mass is 31.2. The molecule has 0 aromatic heterocycles. The van der Waals surface area contributed by atoms with E-state index < -0.39 is 18.3 Å². The molecule has 7 nitrogen and oxygen atoms in total. The van der Waals surface area contributed by atoms with E-state index in [1.165, 1.54) is 35.4 Å². The van der Waals surface area contributed by atoms with Crippen LogP contribution in [0.25, 0.3) is 6.08 Å². The summed E-state index contributed by atoms with van der Waals surface area (Å²) in [5.74, 6) is -1.25. The monoisotopic (exact) mass is 346 g/mol. The van der Waals surface area contributed by atoms with Gasteiger partial charge in [-0.25, -0.2) is 0 Å². The van der Waals surface area contributed by atoms with Crippen LogP contribution in [-0.2, 0) is 11.1 Å². The lowest BCUT2D eigenvalue weighted by Gasteiger charge is -2.34. The number of rotatable bonds is 4. The van der Waals surface area contributed by atoms with Crippen molar-refractivity contribution in [2.45, 2.75) is 12.3 Å². The Kier molecular flexibility index (Phi) is 4.24. The zero-order chi connectivity index (χ0) is 17.3. The maximum atomic E-state index is 12.1. The van der Waals surface area contributed by atoms with Gasteiger partial charge in [0.05, 0.1) is 10.5 Å². The van der Waals surface area contributed by atoms with Crippen molar-refractivity contribution < 1.29 is 19.3 Å². The maximum absolute atomic E-state index is 12.1. The highest BCUT2D eigenvalue weighted by Gasteiger charge is 2.39. The molecule has 0 saturated heterocycles. The highest BCUT2D eigenvalue weighted by molar-refractivity contribution is 7.52. The van der Waals surface area contributed by atoms with Crippen LogP contribution in [0.4, 0.5) is 5.69 Å². The third-order valence-corrected chi connectivity index (χ3v) is 5.08. The average Bonchev–Trinajstić information content (AvgIpc) is 2.53. The minimum absolute atomic E-state index is 0.165. The van der Waals surface area contributed by atoms with Gasteiger partial charge in [0.15, 0.2) is 5.78 Å². The fourth-order valence-corrected chi connectivity index (χ4v) is 4.01. The fourth-order valence-electron chi connectivity index (χ4n) is 2.87. The van der Waals surface area contributed by atoms with Crippen molar-refractivity contribution in [3.63, 3.8) is 0 Å². The standard InChI is InChI=1S/C16H15N2O5P/c19-18(20)15-8-4-7-14-13(15)9-10-17(16(14)24(21,22)23)11-12-5-2-1-3-6-12/h1-10,16H,11H2,(H2,21,22,23). The van der Waals surface area contributed by atoms with Crippen molar-refractivity contribution >= 4 is 19.4 Å². The van der Waals surface area contributed by atoms with E-state index in [9.17, 15) is 24.5 Å². The van der Waals surface area contributed by atoms with Gasteiger partial charge in [0.25, 0.3) is 5.69 Å². The topological polar surface area (TPSA) is 104 Å². The summed E-state index contributed by atoms with van der Waals surface area (Å²) in [6.45, 7) is 0.287. The van der Waals surface area contributed by atoms with Gasteiger partial charge in [-0.15, -0.1) is 0 Å². The number of nitro groups is 1. The third-order valence-electron chi connectivity index (χ3n) is 3.87. The lowest BCUT2D eigenvalue weighted by molar-refractivity contribution is -0.385. The van der Waals surface area contributed by atoms with Crippen LogP contribution in [-0.4, -0.2) is 19.6 Å². The summed E-state index contributed by atoms with van der Waals surface area (Å²) in [5, 5.41) is 11.2. The second kappa shape index (κ2) is 6.20. The van der Waals surface area contributed by atoms with Gasteiger partial charge in [-0.1, -0.05) is 42.5 Å². The molecular weight excluding hydrogens is 331 g/mol. The Morgan fingerprint density at radius 3 is 2.46 bits per heavy atom. The molecule has 1 aliphatic heterocycles. The quantitative estimate of drug-likeness (QED) is 0.500. The van der Waals surface area contributed by atoms with Crippen LogP contribution in [0.15, 0.2) is 54.7 Å². The number of benzene rings is 2. The Labute approximate surface area is 138 Å². The average molecular weight is 346 g/mol. The SMILES string of the molecule is O=[N+]([O-])c1cccc2c1C=CN(Cc1ccccc1)C2P(=O)(O)O. The number of hydrogen-bond donors (Lipinski definition) is 2. The van der Waals surface area contributed by atoms with Crippen molar-refractivity contribution in [1.29, 1.82) is 0 Å². The lowest BCUT2D eigenvalue weighted by atomic mass is 10.0. The maximum Gasteiger partial charge on any atom is 0.352 e. The minimum Gasteiger partial charge on any atom is -0.356 e. The molecule has 3 rings (SSSR count). The van der Waals surface area contributed by atoms with Crippen molar-refractivity contribution in [2.24, 2.45) is 0 Å². The number of hydrogen-bond acceptors (Lipinski definition) is 4. The van der Waals surface area contributed by atoms with Gasteiger partial charge >= 0.3 is 7.60 Å². The zero-order valence-corrected chi connectivity index (χ0v) is 13.4. The first-order valence-electron chi connectivity index (χ1n) is 7.18. The molecule has 24 heavy (non-hydrogen) atoms. The summed E-state index contributed by atoms with van der Waals surface area (Å²) >= 11 is 0. The molecule has 0 fully saturated rings. The van der Waals surface area contributed by atoms with Crippen LogP contribution in [0, 0.1) is 10.1 Å². The smallest absolute Gasteiger partial charge is 0.352 e. The Balaban J connectivity index is 2.07. The van der Waals surface area contributed by atoms with E-state index in [0.717, 1.165) is 5.56 Å². The molecular formula is C16H15N2O5P. The largest absolute Gasteiger partial charge is 0.356 e. The molecule has 2 aromatic carbocycles. The van der Waals surface area contributed by atoms with Gasteiger partial charge in [-0.2, -0.15) is 0 Å². The molecule has 0 aliphatic carbocycles. The second-order valence-corrected chi connectivity index (χ2v) is 7.14. The summed E-state index contributed by atoms with van der Waals surface area (Å²) in [5.41, 5.74) is 1.21. The molecule has 0 spiro atoms. The van der Waals surface area contributed by atoms with Gasteiger partial charge in [0, 0.05) is 24.4 Å². The molecule has 1 atom stereocenters. The molecule has 1 aliphatic rings. The van der Waals surface area contributed by atoms with E-state index in [4.69, 9.17) is 0 Å². The van der Waals surface area contributed by atoms with Crippen LogP contribution in [0.5, 0.6) is 0 Å². The number of nitro benzene ring substituents is 1. The molecule has 2 aromatic rings. The predicted octanol–water partition coefficient (Wildman–Crippen LogP) is 3.26. The summed E-state index contributed by atoms with van der Waals surface area (Å²) in [6.07, 6.45) is 3.04. The molecule has 1 heterocycles. The Morgan fingerprint density at radius 2 is 1.83 bits per heavy atom. The van der Waals surface area contributed by atoms with E-state index in [-0.39, 0.29) is 23.4 Å². The van der Waals surface area contributed by atoms with Crippen LogP contribution < -0.4 is 0 Å². The van der Waals surface area contributed by atoms with Crippen LogP contribution >= 0.6 is 7.60 Å². The Bertz CT molecular complexity index is 847. The molecule has 0 saturated carbocycles. The highest BCUT2D eigenvalue weighted by Crippen LogP contribution is 2.57. The Hall–Kier alpha value is -2.47. The summed E-state index contributed by atoms with van der Waals surface area (Å²) in [6, 6.07) is 13.5. The van der Waals surface area contributed by atoms with E-state index in [1.807, 2.05) is 30.3 Å². The molecule has 2 N–H and O–H groups in total. The minimum atomic E-state index is -4.56. The van der Waals surface area contributed by atoms with Gasteiger partial charge in [-0.3, -0.25) is 14.7 Å².